The van der Waals surface area contributed by atoms with Crippen molar-refractivity contribution in [2.24, 2.45) is 4.99 Å². The number of likely N-dealkylation sites (N-methyl/N-ethyl adjacent to an activating group) is 1. The van der Waals surface area contributed by atoms with Crippen LogP contribution in [0.1, 0.15) is 36.5 Å². The minimum Gasteiger partial charge on any atom is -0.356 e. The Bertz CT molecular complexity index is 544. The highest BCUT2D eigenvalue weighted by molar-refractivity contribution is 14.0. The summed E-state index contributed by atoms with van der Waals surface area (Å²) in [5, 5.41) is 6.39. The normalized spacial score (nSPS) is 10.8. The van der Waals surface area contributed by atoms with Gasteiger partial charge in [0, 0.05) is 20.6 Å². The Morgan fingerprint density at radius 3 is 2.50 bits per heavy atom. The molecule has 5 nitrogen and oxygen atoms in total. The quantitative estimate of drug-likeness (QED) is 0.293. The molecule has 0 fully saturated rings. The van der Waals surface area contributed by atoms with Gasteiger partial charge in [-0.25, -0.2) is 4.99 Å². The van der Waals surface area contributed by atoms with E-state index in [0.717, 1.165) is 19.4 Å². The molecule has 0 heterocycles. The van der Waals surface area contributed by atoms with Gasteiger partial charge in [-0.3, -0.25) is 4.79 Å². The first-order chi connectivity index (χ1) is 10.9. The smallest absolute Gasteiger partial charge is 0.241 e. The SMILES string of the molecule is CCCCNC(=NCc1ccc(C)cc1C)NCC(=O)N(C)C.I. The van der Waals surface area contributed by atoms with E-state index in [0.29, 0.717) is 12.5 Å². The summed E-state index contributed by atoms with van der Waals surface area (Å²) in [6.45, 7) is 8.04. The summed E-state index contributed by atoms with van der Waals surface area (Å²) >= 11 is 0. The third kappa shape index (κ3) is 8.52. The molecule has 0 atom stereocenters. The summed E-state index contributed by atoms with van der Waals surface area (Å²) in [7, 11) is 3.50. The van der Waals surface area contributed by atoms with E-state index < -0.39 is 0 Å². The first-order valence-electron chi connectivity index (χ1n) is 8.22. The predicted molar refractivity (Wildman–Crippen MR) is 112 cm³/mol. The number of nitrogens with one attached hydrogen (secondary N) is 2. The summed E-state index contributed by atoms with van der Waals surface area (Å²) < 4.78 is 0. The monoisotopic (exact) mass is 446 g/mol. The fourth-order valence-corrected chi connectivity index (χ4v) is 2.06. The Hall–Kier alpha value is -1.31. The number of carbonyl (C=O) groups excluding carboxylic acids is 1. The molecule has 1 aromatic carbocycles. The topological polar surface area (TPSA) is 56.7 Å². The summed E-state index contributed by atoms with van der Waals surface area (Å²) in [5.74, 6) is 0.718. The lowest BCUT2D eigenvalue weighted by Gasteiger charge is -2.15. The number of guanidine groups is 1. The number of nitrogens with zero attached hydrogens (tertiary/aromatic N) is 2. The third-order valence-electron chi connectivity index (χ3n) is 3.63. The first-order valence-corrected chi connectivity index (χ1v) is 8.22. The van der Waals surface area contributed by atoms with Crippen molar-refractivity contribution in [1.82, 2.24) is 15.5 Å². The molecule has 0 aliphatic heterocycles. The van der Waals surface area contributed by atoms with Gasteiger partial charge in [0.05, 0.1) is 13.1 Å². The van der Waals surface area contributed by atoms with E-state index in [-0.39, 0.29) is 36.4 Å². The number of hydrogen-bond donors (Lipinski definition) is 2. The van der Waals surface area contributed by atoms with Crippen LogP contribution in [-0.4, -0.2) is 44.0 Å². The van der Waals surface area contributed by atoms with Gasteiger partial charge in [-0.05, 0) is 31.4 Å². The summed E-state index contributed by atoms with van der Waals surface area (Å²) in [4.78, 5) is 17.9. The van der Waals surface area contributed by atoms with Crippen molar-refractivity contribution < 1.29 is 4.79 Å². The molecule has 1 amide bonds. The molecule has 0 unspecified atom stereocenters. The van der Waals surface area contributed by atoms with Gasteiger partial charge in [-0.2, -0.15) is 0 Å². The Labute approximate surface area is 163 Å². The van der Waals surface area contributed by atoms with Gasteiger partial charge in [0.2, 0.25) is 5.91 Å². The molecule has 6 heteroatoms. The van der Waals surface area contributed by atoms with Crippen LogP contribution in [0.15, 0.2) is 23.2 Å². The minimum atomic E-state index is 0. The highest BCUT2D eigenvalue weighted by Gasteiger charge is 2.06. The highest BCUT2D eigenvalue weighted by Crippen LogP contribution is 2.11. The molecule has 0 radical (unpaired) electrons. The number of amides is 1. The van der Waals surface area contributed by atoms with Crippen molar-refractivity contribution in [3.63, 3.8) is 0 Å². The van der Waals surface area contributed by atoms with Crippen LogP contribution in [0.4, 0.5) is 0 Å². The third-order valence-corrected chi connectivity index (χ3v) is 3.63. The molecule has 1 rings (SSSR count). The van der Waals surface area contributed by atoms with Crippen LogP contribution >= 0.6 is 24.0 Å². The zero-order valence-corrected chi connectivity index (χ0v) is 17.8. The number of halogens is 1. The molecule has 24 heavy (non-hydrogen) atoms. The second-order valence-corrected chi connectivity index (χ2v) is 6.02. The maximum Gasteiger partial charge on any atom is 0.241 e. The van der Waals surface area contributed by atoms with Crippen LogP contribution in [0.3, 0.4) is 0 Å². The highest BCUT2D eigenvalue weighted by atomic mass is 127. The van der Waals surface area contributed by atoms with E-state index >= 15 is 0 Å². The lowest BCUT2D eigenvalue weighted by molar-refractivity contribution is -0.127. The molecule has 0 saturated carbocycles. The van der Waals surface area contributed by atoms with Gasteiger partial charge in [0.15, 0.2) is 5.96 Å². The standard InChI is InChI=1S/C18H30N4O.HI/c1-6-7-10-19-18(21-13-17(23)22(4)5)20-12-16-9-8-14(2)11-15(16)3;/h8-9,11H,6-7,10,12-13H2,1-5H3,(H2,19,20,21);1H. The molecule has 0 bridgehead atoms. The second-order valence-electron chi connectivity index (χ2n) is 6.02. The van der Waals surface area contributed by atoms with Crippen LogP contribution in [0.2, 0.25) is 0 Å². The average molecular weight is 446 g/mol. The zero-order chi connectivity index (χ0) is 17.2. The molecule has 136 valence electrons. The fourth-order valence-electron chi connectivity index (χ4n) is 2.06. The van der Waals surface area contributed by atoms with Gasteiger partial charge in [-0.15, -0.1) is 24.0 Å². The Morgan fingerprint density at radius 2 is 1.92 bits per heavy atom. The van der Waals surface area contributed by atoms with Gasteiger partial charge < -0.3 is 15.5 Å². The van der Waals surface area contributed by atoms with Gasteiger partial charge in [0.25, 0.3) is 0 Å². The van der Waals surface area contributed by atoms with E-state index in [1.807, 2.05) is 0 Å². The molecule has 0 spiro atoms. The van der Waals surface area contributed by atoms with Gasteiger partial charge >= 0.3 is 0 Å². The lowest BCUT2D eigenvalue weighted by atomic mass is 10.1. The summed E-state index contributed by atoms with van der Waals surface area (Å²) in [6.07, 6.45) is 2.19. The van der Waals surface area contributed by atoms with Crippen molar-refractivity contribution in [2.45, 2.75) is 40.2 Å². The molecular formula is C18H31IN4O. The van der Waals surface area contributed by atoms with Crippen molar-refractivity contribution in [3.05, 3.63) is 34.9 Å². The number of benzene rings is 1. The van der Waals surface area contributed by atoms with E-state index in [9.17, 15) is 4.79 Å². The van der Waals surface area contributed by atoms with Crippen LogP contribution in [0, 0.1) is 13.8 Å². The number of hydrogen-bond acceptors (Lipinski definition) is 2. The molecule has 1 aromatic rings. The van der Waals surface area contributed by atoms with Crippen molar-refractivity contribution in [1.29, 1.82) is 0 Å². The maximum absolute atomic E-state index is 11.7. The molecule has 0 aliphatic rings. The first kappa shape index (κ1) is 22.7. The molecule has 2 N–H and O–H groups in total. The number of carbonyl (C=O) groups is 1. The largest absolute Gasteiger partial charge is 0.356 e. The molecule has 0 saturated heterocycles. The van der Waals surface area contributed by atoms with Crippen molar-refractivity contribution in [3.8, 4) is 0 Å². The molecule has 0 aromatic heterocycles. The average Bonchev–Trinajstić information content (AvgIpc) is 2.50. The maximum atomic E-state index is 11.7. The second kappa shape index (κ2) is 12.1. The Balaban J connectivity index is 0.00000529. The van der Waals surface area contributed by atoms with Crippen LogP contribution in [-0.2, 0) is 11.3 Å². The fraction of sp³-hybridized carbons (Fsp3) is 0.556. The van der Waals surface area contributed by atoms with E-state index in [4.69, 9.17) is 0 Å². The van der Waals surface area contributed by atoms with Crippen LogP contribution in [0.25, 0.3) is 0 Å². The van der Waals surface area contributed by atoms with Gasteiger partial charge in [-0.1, -0.05) is 37.1 Å². The number of aliphatic imine (C=N–C) groups is 1. The van der Waals surface area contributed by atoms with Crippen molar-refractivity contribution >= 4 is 35.8 Å². The Morgan fingerprint density at radius 1 is 1.21 bits per heavy atom. The van der Waals surface area contributed by atoms with Crippen LogP contribution < -0.4 is 10.6 Å². The number of rotatable bonds is 7. The minimum absolute atomic E-state index is 0. The van der Waals surface area contributed by atoms with E-state index in [1.54, 1.807) is 19.0 Å². The molecular weight excluding hydrogens is 415 g/mol. The summed E-state index contributed by atoms with van der Waals surface area (Å²) in [5.41, 5.74) is 3.70. The Kier molecular flexibility index (Phi) is 11.4. The van der Waals surface area contributed by atoms with Crippen molar-refractivity contribution in [2.75, 3.05) is 27.2 Å². The summed E-state index contributed by atoms with van der Waals surface area (Å²) in [6, 6.07) is 6.38. The van der Waals surface area contributed by atoms with E-state index in [1.165, 1.54) is 16.7 Å². The van der Waals surface area contributed by atoms with Gasteiger partial charge in [0.1, 0.15) is 0 Å². The molecule has 0 aliphatic carbocycles. The van der Waals surface area contributed by atoms with Crippen LogP contribution in [0.5, 0.6) is 0 Å². The lowest BCUT2D eigenvalue weighted by Crippen LogP contribution is -2.43. The zero-order valence-electron chi connectivity index (χ0n) is 15.5. The number of aryl methyl sites for hydroxylation is 2. The number of unbranched alkanes of at least 4 members (excludes halogenated alkanes) is 1. The predicted octanol–water partition coefficient (Wildman–Crippen LogP) is 2.84. The van der Waals surface area contributed by atoms with E-state index in [2.05, 4.69) is 54.6 Å².